The van der Waals surface area contributed by atoms with Gasteiger partial charge >= 0.3 is 5.97 Å². The van der Waals surface area contributed by atoms with Crippen molar-refractivity contribution < 1.29 is 19.4 Å². The van der Waals surface area contributed by atoms with E-state index in [9.17, 15) is 9.90 Å². The second kappa shape index (κ2) is 14.7. The molecule has 0 bridgehead atoms. The number of esters is 1. The van der Waals surface area contributed by atoms with Crippen LogP contribution in [0.3, 0.4) is 0 Å². The molecule has 0 amide bonds. The molecule has 0 aromatic heterocycles. The van der Waals surface area contributed by atoms with Gasteiger partial charge in [-0.3, -0.25) is 0 Å². The monoisotopic (exact) mass is 549 g/mol. The number of rotatable bonds is 14. The maximum absolute atomic E-state index is 12.4. The summed E-state index contributed by atoms with van der Waals surface area (Å²) in [7, 11) is 0. The molecule has 6 heteroatoms. The van der Waals surface area contributed by atoms with Gasteiger partial charge < -0.3 is 19.9 Å². The van der Waals surface area contributed by atoms with E-state index in [-0.39, 0.29) is 24.2 Å². The molecule has 0 heterocycles. The van der Waals surface area contributed by atoms with Crippen LogP contribution in [0.15, 0.2) is 71.6 Å². The van der Waals surface area contributed by atoms with E-state index in [1.807, 2.05) is 45.0 Å². The summed E-state index contributed by atoms with van der Waals surface area (Å²) in [6.45, 7) is 11.2. The quantitative estimate of drug-likeness (QED) is 0.169. The minimum Gasteiger partial charge on any atom is -0.462 e. The Morgan fingerprint density at radius 1 is 1.05 bits per heavy atom. The summed E-state index contributed by atoms with van der Waals surface area (Å²) in [6, 6.07) is 22.6. The highest BCUT2D eigenvalue weighted by Crippen LogP contribution is 2.32. The van der Waals surface area contributed by atoms with Crippen LogP contribution < -0.4 is 5.32 Å². The van der Waals surface area contributed by atoms with Crippen LogP contribution in [-0.4, -0.2) is 48.7 Å². The fourth-order valence-corrected chi connectivity index (χ4v) is 5.10. The van der Waals surface area contributed by atoms with E-state index >= 15 is 0 Å². The highest BCUT2D eigenvalue weighted by molar-refractivity contribution is 7.98. The van der Waals surface area contributed by atoms with E-state index in [1.54, 1.807) is 11.8 Å². The average molecular weight is 550 g/mol. The molecule has 0 fully saturated rings. The summed E-state index contributed by atoms with van der Waals surface area (Å²) in [5, 5.41) is 14.2. The Kier molecular flexibility index (Phi) is 11.6. The first kappa shape index (κ1) is 30.9. The number of benzene rings is 3. The van der Waals surface area contributed by atoms with Crippen LogP contribution in [0.25, 0.3) is 11.1 Å². The number of aliphatic hydroxyl groups excluding tert-OH is 1. The molecular weight excluding hydrogens is 506 g/mol. The first-order valence-corrected chi connectivity index (χ1v) is 15.0. The lowest BCUT2D eigenvalue weighted by Gasteiger charge is -2.28. The van der Waals surface area contributed by atoms with Gasteiger partial charge in [-0.2, -0.15) is 0 Å². The molecule has 0 radical (unpaired) electrons. The van der Waals surface area contributed by atoms with Gasteiger partial charge in [0.1, 0.15) is 0 Å². The van der Waals surface area contributed by atoms with Crippen molar-refractivity contribution in [2.75, 3.05) is 26.0 Å². The van der Waals surface area contributed by atoms with Crippen molar-refractivity contribution in [3.05, 3.63) is 89.0 Å². The average Bonchev–Trinajstić information content (AvgIpc) is 2.94. The Bertz CT molecular complexity index is 1210. The lowest BCUT2D eigenvalue weighted by Crippen LogP contribution is -2.46. The maximum Gasteiger partial charge on any atom is 0.338 e. The van der Waals surface area contributed by atoms with Gasteiger partial charge in [0, 0.05) is 17.0 Å². The zero-order valence-corrected chi connectivity index (χ0v) is 24.9. The summed E-state index contributed by atoms with van der Waals surface area (Å²) in [5.41, 5.74) is 5.79. The smallest absolute Gasteiger partial charge is 0.338 e. The Labute approximate surface area is 238 Å². The van der Waals surface area contributed by atoms with E-state index in [4.69, 9.17) is 9.47 Å². The van der Waals surface area contributed by atoms with Gasteiger partial charge in [-0.25, -0.2) is 4.79 Å². The number of β-amino-alcohol motifs (C(OH)–C–C–N with tert-alkyl or cyclic N) is 1. The molecule has 0 aliphatic heterocycles. The third-order valence-corrected chi connectivity index (χ3v) is 7.59. The number of aryl methyl sites for hydroxylation is 1. The lowest BCUT2D eigenvalue weighted by atomic mass is 9.93. The highest BCUT2D eigenvalue weighted by Gasteiger charge is 2.21. The van der Waals surface area contributed by atoms with Gasteiger partial charge in [0.15, 0.2) is 0 Å². The van der Waals surface area contributed by atoms with Gasteiger partial charge in [-0.05, 0) is 92.8 Å². The second-order valence-electron chi connectivity index (χ2n) is 10.5. The first-order chi connectivity index (χ1) is 18.7. The first-order valence-electron chi connectivity index (χ1n) is 13.7. The number of nitrogens with one attached hydrogen (secondary N) is 1. The number of carbonyl (C=O) groups excluding carboxylic acids is 1. The molecule has 3 aromatic carbocycles. The van der Waals surface area contributed by atoms with Gasteiger partial charge in [-0.1, -0.05) is 55.5 Å². The normalized spacial score (nSPS) is 13.2. The maximum atomic E-state index is 12.4. The van der Waals surface area contributed by atoms with Crippen LogP contribution in [0.1, 0.15) is 67.8 Å². The Morgan fingerprint density at radius 2 is 1.77 bits per heavy atom. The molecule has 0 aliphatic rings. The number of hydrogen-bond acceptors (Lipinski definition) is 6. The van der Waals surface area contributed by atoms with Crippen LogP contribution >= 0.6 is 11.8 Å². The second-order valence-corrected chi connectivity index (χ2v) is 11.3. The van der Waals surface area contributed by atoms with Crippen molar-refractivity contribution in [2.24, 2.45) is 0 Å². The van der Waals surface area contributed by atoms with E-state index < -0.39 is 6.10 Å². The topological polar surface area (TPSA) is 67.8 Å². The highest BCUT2D eigenvalue weighted by atomic mass is 32.2. The molecule has 2 unspecified atom stereocenters. The van der Waals surface area contributed by atoms with Crippen molar-refractivity contribution >= 4 is 17.7 Å². The van der Waals surface area contributed by atoms with Crippen LogP contribution in [0.2, 0.25) is 0 Å². The Morgan fingerprint density at radius 3 is 2.44 bits per heavy atom. The molecule has 3 aromatic rings. The minimum atomic E-state index is -0.631. The number of hydrogen-bond donors (Lipinski definition) is 2. The van der Waals surface area contributed by atoms with Crippen LogP contribution in [0.4, 0.5) is 0 Å². The molecule has 0 saturated carbocycles. The number of aliphatic hydroxyl groups is 1. The third kappa shape index (κ3) is 8.94. The summed E-state index contributed by atoms with van der Waals surface area (Å²) in [5.74, 6) is -0.287. The van der Waals surface area contributed by atoms with Crippen molar-refractivity contribution in [1.29, 1.82) is 0 Å². The van der Waals surface area contributed by atoms with E-state index in [0.717, 1.165) is 35.1 Å². The van der Waals surface area contributed by atoms with E-state index in [1.165, 1.54) is 10.5 Å². The largest absolute Gasteiger partial charge is 0.462 e. The van der Waals surface area contributed by atoms with Crippen molar-refractivity contribution in [3.63, 3.8) is 0 Å². The van der Waals surface area contributed by atoms with Gasteiger partial charge in [0.25, 0.3) is 0 Å². The fourth-order valence-electron chi connectivity index (χ4n) is 4.69. The van der Waals surface area contributed by atoms with Gasteiger partial charge in [-0.15, -0.1) is 11.8 Å². The molecule has 2 atom stereocenters. The molecule has 0 spiro atoms. The lowest BCUT2D eigenvalue weighted by molar-refractivity contribution is -0.00397. The SMILES string of the molecule is CCOC(=O)c1ccc(-c2ccccc2C(C)OCC(O)CNC(C)(C)Cc2ccc(SC)cc2)cc1CC. The van der Waals surface area contributed by atoms with Crippen LogP contribution in [-0.2, 0) is 22.3 Å². The summed E-state index contributed by atoms with van der Waals surface area (Å²) in [6.07, 6.45) is 2.83. The molecule has 210 valence electrons. The van der Waals surface area contributed by atoms with E-state index in [2.05, 4.69) is 67.9 Å². The molecule has 2 N–H and O–H groups in total. The molecular formula is C33H43NO4S. The zero-order chi connectivity index (χ0) is 28.4. The summed E-state index contributed by atoms with van der Waals surface area (Å²) >= 11 is 1.74. The Hall–Kier alpha value is -2.64. The fraction of sp³-hybridized carbons (Fsp3) is 0.424. The predicted octanol–water partition coefficient (Wildman–Crippen LogP) is 6.86. The number of ether oxygens (including phenoxy) is 2. The molecule has 0 saturated heterocycles. The van der Waals surface area contributed by atoms with Crippen molar-refractivity contribution in [2.45, 2.75) is 70.1 Å². The number of thioether (sulfide) groups is 1. The molecule has 0 aliphatic carbocycles. The molecule has 3 rings (SSSR count). The standard InChI is InChI=1S/C33H43NO4S/c1-7-25-19-26(15-18-31(25)32(36)37-8-2)30-12-10-9-11-29(30)23(3)38-22-27(35)21-34-33(4,5)20-24-13-16-28(39-6)17-14-24/h9-19,23,27,34-35H,7-8,20-22H2,1-6H3. The van der Waals surface area contributed by atoms with E-state index in [0.29, 0.717) is 18.7 Å². The Balaban J connectivity index is 1.61. The molecule has 5 nitrogen and oxygen atoms in total. The van der Waals surface area contributed by atoms with Crippen molar-refractivity contribution in [1.82, 2.24) is 5.32 Å². The number of carbonyl (C=O) groups is 1. The van der Waals surface area contributed by atoms with Crippen LogP contribution in [0.5, 0.6) is 0 Å². The van der Waals surface area contributed by atoms with Crippen molar-refractivity contribution in [3.8, 4) is 11.1 Å². The summed E-state index contributed by atoms with van der Waals surface area (Å²) < 4.78 is 11.4. The van der Waals surface area contributed by atoms with Gasteiger partial charge in [0.05, 0.1) is 31.0 Å². The minimum absolute atomic E-state index is 0.160. The third-order valence-electron chi connectivity index (χ3n) is 6.85. The van der Waals surface area contributed by atoms with Gasteiger partial charge in [0.2, 0.25) is 0 Å². The zero-order valence-electron chi connectivity index (χ0n) is 24.1. The summed E-state index contributed by atoms with van der Waals surface area (Å²) in [4.78, 5) is 13.6. The molecule has 39 heavy (non-hydrogen) atoms. The predicted molar refractivity (Wildman–Crippen MR) is 162 cm³/mol. The van der Waals surface area contributed by atoms with Crippen LogP contribution in [0, 0.1) is 0 Å².